The van der Waals surface area contributed by atoms with E-state index in [1.807, 2.05) is 18.2 Å². The van der Waals surface area contributed by atoms with Crippen molar-refractivity contribution in [2.75, 3.05) is 18.9 Å². The van der Waals surface area contributed by atoms with Gasteiger partial charge in [0.15, 0.2) is 6.61 Å². The van der Waals surface area contributed by atoms with Crippen molar-refractivity contribution in [1.82, 2.24) is 10.2 Å². The molecule has 0 aromatic heterocycles. The van der Waals surface area contributed by atoms with Gasteiger partial charge in [0, 0.05) is 23.6 Å². The largest absolute Gasteiger partial charge is 1.00 e. The number of nitrogens with one attached hydrogen (secondary N) is 1. The van der Waals surface area contributed by atoms with E-state index in [2.05, 4.69) is 5.32 Å². The molecule has 0 bridgehead atoms. The van der Waals surface area contributed by atoms with Gasteiger partial charge in [-0.05, 0) is 19.1 Å². The number of carbonyl (C=O) groups is 3. The molecular weight excluding hydrogens is 407 g/mol. The topological polar surface area (TPSA) is 119 Å². The van der Waals surface area contributed by atoms with Gasteiger partial charge in [-0.1, -0.05) is 18.2 Å². The molecule has 2 heterocycles. The average molecular weight is 428 g/mol. The molecule has 2 N–H and O–H groups in total. The maximum atomic E-state index is 12.1. The first-order chi connectivity index (χ1) is 13.4. The maximum absolute atomic E-state index is 12.1. The van der Waals surface area contributed by atoms with Crippen molar-refractivity contribution in [3.8, 4) is 5.75 Å². The van der Waals surface area contributed by atoms with Crippen LogP contribution in [0.2, 0.25) is 0 Å². The zero-order valence-electron chi connectivity index (χ0n) is 16.3. The summed E-state index contributed by atoms with van der Waals surface area (Å²) in [5, 5.41) is 23.9. The second-order valence-corrected chi connectivity index (χ2v) is 7.80. The molecule has 29 heavy (non-hydrogen) atoms. The first-order valence-electron chi connectivity index (χ1n) is 8.93. The number of para-hydroxylation sites is 1. The summed E-state index contributed by atoms with van der Waals surface area (Å²) in [7, 11) is 0. The molecule has 10 heteroatoms. The van der Waals surface area contributed by atoms with Crippen molar-refractivity contribution < 1.29 is 58.9 Å². The van der Waals surface area contributed by atoms with Gasteiger partial charge >= 0.3 is 29.6 Å². The fourth-order valence-corrected chi connectivity index (χ4v) is 4.49. The predicted molar refractivity (Wildman–Crippen MR) is 99.9 cm³/mol. The van der Waals surface area contributed by atoms with Crippen LogP contribution in [0.25, 0.3) is 0 Å². The summed E-state index contributed by atoms with van der Waals surface area (Å²) in [6.07, 6.45) is -0.453. The Bertz CT molecular complexity index is 801. The number of fused-ring (bicyclic) bond motifs is 1. The van der Waals surface area contributed by atoms with Crippen molar-refractivity contribution in [3.05, 3.63) is 40.9 Å². The van der Waals surface area contributed by atoms with Crippen LogP contribution in [0.4, 0.5) is 0 Å². The minimum absolute atomic E-state index is 0. The molecule has 0 radical (unpaired) electrons. The van der Waals surface area contributed by atoms with E-state index in [9.17, 15) is 24.6 Å². The SMILES string of the molecule is C[C@H](O)[C@H]1C(=O)N2C(C(=O)[O-])=C(SCCNC(=O)COc3ccccc3)C[C@H]12.[Na+]. The third kappa shape index (κ3) is 5.35. The van der Waals surface area contributed by atoms with Gasteiger partial charge in [0.05, 0.1) is 29.7 Å². The number of aliphatic hydroxyl groups excluding tert-OH is 1. The van der Waals surface area contributed by atoms with Crippen LogP contribution in [0.1, 0.15) is 13.3 Å². The van der Waals surface area contributed by atoms with E-state index in [4.69, 9.17) is 4.74 Å². The van der Waals surface area contributed by atoms with Crippen molar-refractivity contribution in [2.45, 2.75) is 25.5 Å². The Morgan fingerprint density at radius 3 is 2.69 bits per heavy atom. The number of carboxylic acids is 1. The Balaban J connectivity index is 0.00000300. The number of carboxylic acid groups (broad SMARTS) is 1. The van der Waals surface area contributed by atoms with Crippen molar-refractivity contribution >= 4 is 29.5 Å². The van der Waals surface area contributed by atoms with E-state index in [-0.39, 0.29) is 59.7 Å². The Kier molecular flexibility index (Phi) is 8.59. The Hall–Kier alpha value is -1.52. The number of aliphatic hydroxyl groups is 1. The number of thioether (sulfide) groups is 1. The fourth-order valence-electron chi connectivity index (χ4n) is 3.43. The van der Waals surface area contributed by atoms with Crippen LogP contribution in [-0.2, 0) is 14.4 Å². The van der Waals surface area contributed by atoms with E-state index in [0.29, 0.717) is 29.4 Å². The van der Waals surface area contributed by atoms with Crippen LogP contribution in [0.15, 0.2) is 40.9 Å². The molecule has 1 aromatic rings. The molecule has 8 nitrogen and oxygen atoms in total. The van der Waals surface area contributed by atoms with Crippen molar-refractivity contribution in [2.24, 2.45) is 5.92 Å². The fraction of sp³-hybridized carbons (Fsp3) is 0.421. The molecule has 2 aliphatic heterocycles. The van der Waals surface area contributed by atoms with Crippen LogP contribution in [-0.4, -0.2) is 58.8 Å². The molecule has 2 amide bonds. The number of hydrogen-bond donors (Lipinski definition) is 2. The summed E-state index contributed by atoms with van der Waals surface area (Å²) >= 11 is 1.27. The van der Waals surface area contributed by atoms with E-state index in [1.165, 1.54) is 23.6 Å². The zero-order valence-corrected chi connectivity index (χ0v) is 19.1. The van der Waals surface area contributed by atoms with Gasteiger partial charge in [-0.15, -0.1) is 11.8 Å². The van der Waals surface area contributed by atoms with Crippen LogP contribution in [0.5, 0.6) is 5.75 Å². The van der Waals surface area contributed by atoms with Crippen LogP contribution < -0.4 is 44.7 Å². The Morgan fingerprint density at radius 1 is 1.38 bits per heavy atom. The number of nitrogens with zero attached hydrogens (tertiary/aromatic N) is 1. The van der Waals surface area contributed by atoms with Gasteiger partial charge in [-0.3, -0.25) is 9.59 Å². The molecule has 0 saturated carbocycles. The first-order valence-corrected chi connectivity index (χ1v) is 9.91. The molecule has 3 rings (SSSR count). The van der Waals surface area contributed by atoms with Gasteiger partial charge in [0.25, 0.3) is 5.91 Å². The third-order valence-corrected chi connectivity index (χ3v) is 5.81. The summed E-state index contributed by atoms with van der Waals surface area (Å²) in [5.74, 6) is -1.61. The third-order valence-electron chi connectivity index (χ3n) is 4.70. The van der Waals surface area contributed by atoms with Crippen LogP contribution in [0.3, 0.4) is 0 Å². The van der Waals surface area contributed by atoms with Gasteiger partial charge in [-0.2, -0.15) is 0 Å². The summed E-state index contributed by atoms with van der Waals surface area (Å²) in [6.45, 7) is 1.74. The number of hydrogen-bond acceptors (Lipinski definition) is 7. The summed E-state index contributed by atoms with van der Waals surface area (Å²) in [6, 6.07) is 8.64. The monoisotopic (exact) mass is 428 g/mol. The number of rotatable bonds is 9. The summed E-state index contributed by atoms with van der Waals surface area (Å²) < 4.78 is 5.35. The smallest absolute Gasteiger partial charge is 0.543 e. The standard InChI is InChI=1S/C19H22N2O6S.Na/c1-11(22)16-13-9-14(17(19(25)26)21(13)18(16)24)28-8-7-20-15(23)10-27-12-5-3-2-4-6-12;/h2-6,11,13,16,22H,7-10H2,1H3,(H,20,23)(H,25,26);/q;+1/p-1/t11-,13+,16+;/m0./s1. The number of amides is 2. The van der Waals surface area contributed by atoms with E-state index >= 15 is 0 Å². The van der Waals surface area contributed by atoms with Gasteiger partial charge in [0.2, 0.25) is 5.91 Å². The molecule has 2 aliphatic rings. The summed E-state index contributed by atoms with van der Waals surface area (Å²) in [5.41, 5.74) is -0.115. The molecule has 150 valence electrons. The number of β-lactam (4-membered cyclic amide) rings is 1. The zero-order chi connectivity index (χ0) is 20.3. The normalized spacial score (nSPS) is 21.0. The van der Waals surface area contributed by atoms with Gasteiger partial charge in [0.1, 0.15) is 5.75 Å². The number of carbonyl (C=O) groups excluding carboxylic acids is 3. The average Bonchev–Trinajstić information content (AvgIpc) is 2.98. The molecule has 3 atom stereocenters. The molecule has 0 unspecified atom stereocenters. The maximum Gasteiger partial charge on any atom is 1.00 e. The Labute approximate surface area is 195 Å². The molecule has 1 aromatic carbocycles. The van der Waals surface area contributed by atoms with Gasteiger partial charge < -0.3 is 30.0 Å². The quantitative estimate of drug-likeness (QED) is 0.238. The Morgan fingerprint density at radius 2 is 2.07 bits per heavy atom. The molecule has 1 fully saturated rings. The second kappa shape index (κ2) is 10.5. The van der Waals surface area contributed by atoms with Crippen LogP contribution >= 0.6 is 11.8 Å². The minimum Gasteiger partial charge on any atom is -0.543 e. The molecule has 0 spiro atoms. The molecule has 1 saturated heterocycles. The van der Waals surface area contributed by atoms with E-state index in [0.717, 1.165) is 0 Å². The molecule has 0 aliphatic carbocycles. The molecular formula is C19H21N2NaO6S. The summed E-state index contributed by atoms with van der Waals surface area (Å²) in [4.78, 5) is 37.1. The number of aliphatic carboxylic acids is 1. The van der Waals surface area contributed by atoms with E-state index in [1.54, 1.807) is 12.1 Å². The van der Waals surface area contributed by atoms with E-state index < -0.39 is 18.0 Å². The second-order valence-electron chi connectivity index (χ2n) is 6.61. The minimum atomic E-state index is -1.40. The predicted octanol–water partition coefficient (Wildman–Crippen LogP) is -3.51. The van der Waals surface area contributed by atoms with Crippen molar-refractivity contribution in [1.29, 1.82) is 0 Å². The number of ether oxygens (including phenoxy) is 1. The van der Waals surface area contributed by atoms with Crippen molar-refractivity contribution in [3.63, 3.8) is 0 Å². The van der Waals surface area contributed by atoms with Crippen LogP contribution in [0, 0.1) is 5.92 Å². The first kappa shape index (κ1) is 23.8. The van der Waals surface area contributed by atoms with Gasteiger partial charge in [-0.25, -0.2) is 0 Å². The number of benzene rings is 1.